The monoisotopic (exact) mass is 398 g/mol. The summed E-state index contributed by atoms with van der Waals surface area (Å²) >= 11 is 6.92. The molecule has 0 saturated carbocycles. The summed E-state index contributed by atoms with van der Waals surface area (Å²) in [7, 11) is 0. The topological polar surface area (TPSA) is 18.5 Å². The smallest absolute Gasteiger partial charge is 0.119 e. The van der Waals surface area contributed by atoms with Crippen molar-refractivity contribution >= 4 is 31.9 Å². The molecule has 0 saturated heterocycles. The summed E-state index contributed by atoms with van der Waals surface area (Å²) in [6.45, 7) is 1.10. The van der Waals surface area contributed by atoms with Gasteiger partial charge in [0.05, 0.1) is 12.7 Å². The minimum Gasteiger partial charge on any atom is -0.491 e. The Morgan fingerprint density at radius 3 is 2.25 bits per heavy atom. The van der Waals surface area contributed by atoms with Crippen molar-refractivity contribution in [1.29, 1.82) is 0 Å². The molecule has 1 unspecified atom stereocenters. The molecule has 2 rings (SSSR count). The highest BCUT2D eigenvalue weighted by Crippen LogP contribution is 2.22. The Morgan fingerprint density at radius 1 is 0.900 bits per heavy atom. The molecule has 0 N–H and O–H groups in total. The number of hydrogen-bond donors (Lipinski definition) is 0. The molecule has 0 radical (unpaired) electrons. The lowest BCUT2D eigenvalue weighted by Crippen LogP contribution is -2.12. The Morgan fingerprint density at radius 2 is 1.60 bits per heavy atom. The van der Waals surface area contributed by atoms with Gasteiger partial charge < -0.3 is 9.47 Å². The molecule has 0 heterocycles. The Kier molecular flexibility index (Phi) is 6.57. The number of rotatable bonds is 7. The van der Waals surface area contributed by atoms with Crippen LogP contribution in [0.1, 0.15) is 11.7 Å². The molecule has 20 heavy (non-hydrogen) atoms. The Balaban J connectivity index is 1.78. The van der Waals surface area contributed by atoms with E-state index in [0.717, 1.165) is 21.1 Å². The average Bonchev–Trinajstić information content (AvgIpc) is 2.50. The van der Waals surface area contributed by atoms with E-state index in [2.05, 4.69) is 44.0 Å². The molecular formula is C16H16Br2O2. The number of hydrogen-bond acceptors (Lipinski definition) is 2. The zero-order chi connectivity index (χ0) is 14.2. The molecule has 106 valence electrons. The van der Waals surface area contributed by atoms with Crippen LogP contribution < -0.4 is 4.74 Å². The largest absolute Gasteiger partial charge is 0.491 e. The van der Waals surface area contributed by atoms with E-state index in [-0.39, 0.29) is 6.10 Å². The van der Waals surface area contributed by atoms with Crippen LogP contribution in [0.15, 0.2) is 59.1 Å². The fourth-order valence-corrected chi connectivity index (χ4v) is 2.60. The molecule has 2 aromatic rings. The third-order valence-electron chi connectivity index (χ3n) is 2.80. The summed E-state index contributed by atoms with van der Waals surface area (Å²) in [5, 5.41) is 0.764. The van der Waals surface area contributed by atoms with Crippen LogP contribution in [-0.4, -0.2) is 18.5 Å². The van der Waals surface area contributed by atoms with E-state index in [1.54, 1.807) is 0 Å². The van der Waals surface area contributed by atoms with E-state index in [4.69, 9.17) is 9.47 Å². The van der Waals surface area contributed by atoms with Crippen molar-refractivity contribution in [2.24, 2.45) is 0 Å². The van der Waals surface area contributed by atoms with E-state index < -0.39 is 0 Å². The minimum atomic E-state index is 0.0440. The highest BCUT2D eigenvalue weighted by Gasteiger charge is 2.10. The van der Waals surface area contributed by atoms with Gasteiger partial charge in [0.2, 0.25) is 0 Å². The fourth-order valence-electron chi connectivity index (χ4n) is 1.77. The predicted octanol–water partition coefficient (Wildman–Crippen LogP) is 4.98. The highest BCUT2D eigenvalue weighted by atomic mass is 79.9. The Hall–Kier alpha value is -0.840. The summed E-state index contributed by atoms with van der Waals surface area (Å²) in [5.74, 6) is 0.870. The van der Waals surface area contributed by atoms with Gasteiger partial charge in [0.25, 0.3) is 0 Å². The highest BCUT2D eigenvalue weighted by molar-refractivity contribution is 9.10. The number of ether oxygens (including phenoxy) is 2. The standard InChI is InChI=1S/C16H16Br2O2/c17-12-16(13-6-8-14(18)9-7-13)20-11-10-19-15-4-2-1-3-5-15/h1-9,16H,10-12H2. The van der Waals surface area contributed by atoms with Crippen LogP contribution in [0.3, 0.4) is 0 Å². The zero-order valence-electron chi connectivity index (χ0n) is 11.0. The lowest BCUT2D eigenvalue weighted by atomic mass is 10.1. The first-order chi connectivity index (χ1) is 9.79. The van der Waals surface area contributed by atoms with Crippen LogP contribution in [0.4, 0.5) is 0 Å². The molecule has 0 aliphatic heterocycles. The van der Waals surface area contributed by atoms with Gasteiger partial charge in [-0.2, -0.15) is 0 Å². The quantitative estimate of drug-likeness (QED) is 0.482. The third kappa shape index (κ3) is 4.93. The van der Waals surface area contributed by atoms with Crippen LogP contribution >= 0.6 is 31.9 Å². The van der Waals surface area contributed by atoms with Crippen molar-refractivity contribution in [2.75, 3.05) is 18.5 Å². The average molecular weight is 400 g/mol. The van der Waals surface area contributed by atoms with Crippen LogP contribution in [0.5, 0.6) is 5.75 Å². The van der Waals surface area contributed by atoms with E-state index in [0.29, 0.717) is 13.2 Å². The van der Waals surface area contributed by atoms with Gasteiger partial charge in [-0.1, -0.05) is 62.2 Å². The maximum Gasteiger partial charge on any atom is 0.119 e. The SMILES string of the molecule is BrCC(OCCOc1ccccc1)c1ccc(Br)cc1. The molecule has 2 aromatic carbocycles. The lowest BCUT2D eigenvalue weighted by molar-refractivity contribution is 0.0474. The van der Waals surface area contributed by atoms with Gasteiger partial charge in [-0.25, -0.2) is 0 Å². The molecule has 0 aliphatic rings. The van der Waals surface area contributed by atoms with Crippen molar-refractivity contribution in [3.8, 4) is 5.75 Å². The summed E-state index contributed by atoms with van der Waals surface area (Å²) in [6, 6.07) is 17.9. The van der Waals surface area contributed by atoms with Crippen molar-refractivity contribution in [1.82, 2.24) is 0 Å². The first-order valence-electron chi connectivity index (χ1n) is 6.40. The van der Waals surface area contributed by atoms with Gasteiger partial charge >= 0.3 is 0 Å². The molecule has 0 spiro atoms. The number of alkyl halides is 1. The van der Waals surface area contributed by atoms with E-state index in [1.807, 2.05) is 42.5 Å². The Labute approximate surface area is 136 Å². The van der Waals surface area contributed by atoms with E-state index >= 15 is 0 Å². The third-order valence-corrected chi connectivity index (χ3v) is 3.91. The number of para-hydroxylation sites is 1. The molecule has 2 nitrogen and oxygen atoms in total. The van der Waals surface area contributed by atoms with Crippen LogP contribution in [0.2, 0.25) is 0 Å². The summed E-state index contributed by atoms with van der Waals surface area (Å²) < 4.78 is 12.5. The van der Waals surface area contributed by atoms with Gasteiger partial charge in [-0.15, -0.1) is 0 Å². The van der Waals surface area contributed by atoms with Crippen molar-refractivity contribution in [3.05, 3.63) is 64.6 Å². The van der Waals surface area contributed by atoms with Crippen LogP contribution in [-0.2, 0) is 4.74 Å². The molecule has 0 bridgehead atoms. The van der Waals surface area contributed by atoms with E-state index in [1.165, 1.54) is 0 Å². The molecule has 0 aliphatic carbocycles. The molecule has 0 fully saturated rings. The minimum absolute atomic E-state index is 0.0440. The van der Waals surface area contributed by atoms with Crippen LogP contribution in [0, 0.1) is 0 Å². The maximum atomic E-state index is 5.85. The first kappa shape index (κ1) is 15.5. The second-order valence-corrected chi connectivity index (χ2v) is 5.79. The van der Waals surface area contributed by atoms with Gasteiger partial charge in [0.1, 0.15) is 12.4 Å². The summed E-state index contributed by atoms with van der Waals surface area (Å²) in [4.78, 5) is 0. The normalized spacial score (nSPS) is 12.1. The first-order valence-corrected chi connectivity index (χ1v) is 8.32. The lowest BCUT2D eigenvalue weighted by Gasteiger charge is -2.16. The molecule has 1 atom stereocenters. The second kappa shape index (κ2) is 8.45. The summed E-state index contributed by atoms with van der Waals surface area (Å²) in [5.41, 5.74) is 1.16. The fraction of sp³-hybridized carbons (Fsp3) is 0.250. The number of benzene rings is 2. The van der Waals surface area contributed by atoms with Crippen molar-refractivity contribution in [3.63, 3.8) is 0 Å². The number of halogens is 2. The predicted molar refractivity (Wildman–Crippen MR) is 88.6 cm³/mol. The zero-order valence-corrected chi connectivity index (χ0v) is 14.1. The molecule has 4 heteroatoms. The van der Waals surface area contributed by atoms with E-state index in [9.17, 15) is 0 Å². The van der Waals surface area contributed by atoms with Gasteiger partial charge in [0.15, 0.2) is 0 Å². The second-order valence-electron chi connectivity index (χ2n) is 4.23. The van der Waals surface area contributed by atoms with Crippen molar-refractivity contribution in [2.45, 2.75) is 6.10 Å². The van der Waals surface area contributed by atoms with Gasteiger partial charge in [-0.05, 0) is 29.8 Å². The molecular weight excluding hydrogens is 384 g/mol. The Bertz CT molecular complexity index is 500. The van der Waals surface area contributed by atoms with Crippen LogP contribution in [0.25, 0.3) is 0 Å². The molecule has 0 aromatic heterocycles. The summed E-state index contributed by atoms with van der Waals surface area (Å²) in [6.07, 6.45) is 0.0440. The van der Waals surface area contributed by atoms with Crippen molar-refractivity contribution < 1.29 is 9.47 Å². The molecule has 0 amide bonds. The van der Waals surface area contributed by atoms with Gasteiger partial charge in [-0.3, -0.25) is 0 Å². The van der Waals surface area contributed by atoms with Gasteiger partial charge in [0, 0.05) is 9.80 Å². The maximum absolute atomic E-state index is 5.85.